The van der Waals surface area contributed by atoms with Crippen molar-refractivity contribution < 1.29 is 14.3 Å². The van der Waals surface area contributed by atoms with Crippen molar-refractivity contribution >= 4 is 23.2 Å². The minimum absolute atomic E-state index is 0.132. The summed E-state index contributed by atoms with van der Waals surface area (Å²) < 4.78 is 5.40. The van der Waals surface area contributed by atoms with E-state index < -0.39 is 0 Å². The molecule has 1 N–H and O–H groups in total. The Morgan fingerprint density at radius 1 is 1.21 bits per heavy atom. The second kappa shape index (κ2) is 5.67. The normalized spacial score (nSPS) is 14.7. The third-order valence-electron chi connectivity index (χ3n) is 4.47. The highest BCUT2D eigenvalue weighted by Gasteiger charge is 2.34. The summed E-state index contributed by atoms with van der Waals surface area (Å²) in [5.41, 5.74) is 4.41. The van der Waals surface area contributed by atoms with Crippen LogP contribution in [0.2, 0.25) is 0 Å². The van der Waals surface area contributed by atoms with Gasteiger partial charge in [0.2, 0.25) is 5.91 Å². The van der Waals surface area contributed by atoms with Gasteiger partial charge in [-0.2, -0.15) is 0 Å². The summed E-state index contributed by atoms with van der Waals surface area (Å²) in [7, 11) is 0. The summed E-state index contributed by atoms with van der Waals surface area (Å²) in [6.07, 6.45) is 1.21. The van der Waals surface area contributed by atoms with Gasteiger partial charge in [-0.3, -0.25) is 9.59 Å². The van der Waals surface area contributed by atoms with Gasteiger partial charge in [-0.25, -0.2) is 0 Å². The second-order valence-electron chi connectivity index (χ2n) is 6.03. The molecular weight excluding hydrogens is 304 g/mol. The topological polar surface area (TPSA) is 58.6 Å². The SMILES string of the molecule is CCOc1ccc(NC(=O)c2cc3c4c(c2)CC(=O)N4CC3)cc1. The number of nitrogens with one attached hydrogen (secondary N) is 1. The van der Waals surface area contributed by atoms with Crippen molar-refractivity contribution in [3.05, 3.63) is 53.1 Å². The molecule has 5 heteroatoms. The molecule has 4 rings (SSSR count). The van der Waals surface area contributed by atoms with Crippen LogP contribution in [0.15, 0.2) is 36.4 Å². The van der Waals surface area contributed by atoms with E-state index in [-0.39, 0.29) is 11.8 Å². The maximum atomic E-state index is 12.5. The van der Waals surface area contributed by atoms with E-state index >= 15 is 0 Å². The van der Waals surface area contributed by atoms with Crippen LogP contribution in [0.4, 0.5) is 11.4 Å². The maximum Gasteiger partial charge on any atom is 0.255 e. The van der Waals surface area contributed by atoms with E-state index in [4.69, 9.17) is 4.74 Å². The van der Waals surface area contributed by atoms with Crippen molar-refractivity contribution in [1.29, 1.82) is 0 Å². The van der Waals surface area contributed by atoms with Crippen LogP contribution in [0.5, 0.6) is 5.75 Å². The number of hydrogen-bond acceptors (Lipinski definition) is 3. The van der Waals surface area contributed by atoms with Crippen molar-refractivity contribution in [2.45, 2.75) is 19.8 Å². The average Bonchev–Trinajstić information content (AvgIpc) is 3.14. The van der Waals surface area contributed by atoms with Gasteiger partial charge in [0.1, 0.15) is 5.75 Å². The molecule has 2 aliphatic rings. The number of carbonyl (C=O) groups excluding carboxylic acids is 2. The van der Waals surface area contributed by atoms with E-state index in [9.17, 15) is 9.59 Å². The highest BCUT2D eigenvalue weighted by Crippen LogP contribution is 2.38. The van der Waals surface area contributed by atoms with Crippen molar-refractivity contribution in [1.82, 2.24) is 0 Å². The zero-order chi connectivity index (χ0) is 16.7. The Balaban J connectivity index is 1.56. The van der Waals surface area contributed by atoms with Crippen molar-refractivity contribution in [3.8, 4) is 5.75 Å². The molecular formula is C19H18N2O3. The maximum absolute atomic E-state index is 12.5. The molecule has 2 aromatic rings. The molecule has 0 fully saturated rings. The number of hydrogen-bond donors (Lipinski definition) is 1. The highest BCUT2D eigenvalue weighted by atomic mass is 16.5. The molecule has 122 valence electrons. The molecule has 0 radical (unpaired) electrons. The smallest absolute Gasteiger partial charge is 0.255 e. The predicted molar refractivity (Wildman–Crippen MR) is 91.8 cm³/mol. The third-order valence-corrected chi connectivity index (χ3v) is 4.47. The van der Waals surface area contributed by atoms with Crippen LogP contribution in [0.25, 0.3) is 0 Å². The fourth-order valence-electron chi connectivity index (χ4n) is 3.42. The fraction of sp³-hybridized carbons (Fsp3) is 0.263. The van der Waals surface area contributed by atoms with Crippen LogP contribution >= 0.6 is 0 Å². The van der Waals surface area contributed by atoms with Gasteiger partial charge in [-0.15, -0.1) is 0 Å². The average molecular weight is 322 g/mol. The predicted octanol–water partition coefficient (Wildman–Crippen LogP) is 2.78. The van der Waals surface area contributed by atoms with Gasteiger partial charge in [0.25, 0.3) is 5.91 Å². The minimum atomic E-state index is -0.156. The van der Waals surface area contributed by atoms with Crippen LogP contribution < -0.4 is 15.0 Å². The van der Waals surface area contributed by atoms with Gasteiger partial charge < -0.3 is 15.0 Å². The van der Waals surface area contributed by atoms with Crippen LogP contribution in [0, 0.1) is 0 Å². The Morgan fingerprint density at radius 3 is 2.71 bits per heavy atom. The number of carbonyl (C=O) groups is 2. The highest BCUT2D eigenvalue weighted by molar-refractivity contribution is 6.08. The van der Waals surface area contributed by atoms with Crippen molar-refractivity contribution in [2.24, 2.45) is 0 Å². The van der Waals surface area contributed by atoms with Gasteiger partial charge >= 0.3 is 0 Å². The summed E-state index contributed by atoms with van der Waals surface area (Å²) in [6.45, 7) is 3.27. The molecule has 0 saturated carbocycles. The number of rotatable bonds is 4. The first-order valence-corrected chi connectivity index (χ1v) is 8.16. The summed E-state index contributed by atoms with van der Waals surface area (Å²) >= 11 is 0. The summed E-state index contributed by atoms with van der Waals surface area (Å²) in [5, 5.41) is 2.90. The zero-order valence-corrected chi connectivity index (χ0v) is 13.5. The largest absolute Gasteiger partial charge is 0.494 e. The monoisotopic (exact) mass is 322 g/mol. The van der Waals surface area contributed by atoms with Crippen molar-refractivity contribution in [3.63, 3.8) is 0 Å². The lowest BCUT2D eigenvalue weighted by Gasteiger charge is -2.10. The van der Waals surface area contributed by atoms with Gasteiger partial charge in [0.15, 0.2) is 0 Å². The number of amides is 2. The molecule has 5 nitrogen and oxygen atoms in total. The summed E-state index contributed by atoms with van der Waals surface area (Å²) in [5.74, 6) is 0.753. The van der Waals surface area contributed by atoms with E-state index in [1.165, 1.54) is 0 Å². The molecule has 0 aliphatic carbocycles. The molecule has 0 aromatic heterocycles. The number of anilines is 2. The number of nitrogens with zero attached hydrogens (tertiary/aromatic N) is 1. The lowest BCUT2D eigenvalue weighted by atomic mass is 10.0. The van der Waals surface area contributed by atoms with Gasteiger partial charge in [-0.05, 0) is 60.9 Å². The molecule has 2 amide bonds. The van der Waals surface area contributed by atoms with E-state index in [1.54, 1.807) is 0 Å². The zero-order valence-electron chi connectivity index (χ0n) is 13.5. The van der Waals surface area contributed by atoms with E-state index in [0.717, 1.165) is 41.2 Å². The number of benzene rings is 2. The van der Waals surface area contributed by atoms with Gasteiger partial charge in [0, 0.05) is 17.8 Å². The first-order valence-electron chi connectivity index (χ1n) is 8.16. The van der Waals surface area contributed by atoms with Crippen LogP contribution in [-0.4, -0.2) is 25.0 Å². The lowest BCUT2D eigenvalue weighted by Crippen LogP contribution is -2.24. The molecule has 24 heavy (non-hydrogen) atoms. The molecule has 2 heterocycles. The molecule has 0 spiro atoms. The Hall–Kier alpha value is -2.82. The van der Waals surface area contributed by atoms with E-state index in [1.807, 2.05) is 48.2 Å². The Labute approximate surface area is 140 Å². The molecule has 2 aliphatic heterocycles. The second-order valence-corrected chi connectivity index (χ2v) is 6.03. The van der Waals surface area contributed by atoms with Crippen LogP contribution in [-0.2, 0) is 17.6 Å². The third kappa shape index (κ3) is 2.42. The molecule has 0 saturated heterocycles. The van der Waals surface area contributed by atoms with Crippen LogP contribution in [0.3, 0.4) is 0 Å². The summed E-state index contributed by atoms with van der Waals surface area (Å²) in [4.78, 5) is 26.3. The summed E-state index contributed by atoms with van der Waals surface area (Å²) in [6, 6.07) is 11.0. The van der Waals surface area contributed by atoms with Gasteiger partial charge in [-0.1, -0.05) is 0 Å². The molecule has 2 aromatic carbocycles. The quantitative estimate of drug-likeness (QED) is 0.941. The first kappa shape index (κ1) is 14.8. The minimum Gasteiger partial charge on any atom is -0.494 e. The van der Waals surface area contributed by atoms with E-state index in [2.05, 4.69) is 5.32 Å². The fourth-order valence-corrected chi connectivity index (χ4v) is 3.42. The molecule has 0 bridgehead atoms. The number of ether oxygens (including phenoxy) is 1. The first-order chi connectivity index (χ1) is 11.7. The molecule has 0 unspecified atom stereocenters. The Morgan fingerprint density at radius 2 is 1.96 bits per heavy atom. The van der Waals surface area contributed by atoms with Gasteiger partial charge in [0.05, 0.1) is 18.7 Å². The van der Waals surface area contributed by atoms with Crippen molar-refractivity contribution in [2.75, 3.05) is 23.4 Å². The standard InChI is InChI=1S/C19H18N2O3/c1-2-24-16-5-3-15(4-6-16)20-19(23)14-9-12-7-8-21-17(22)11-13(10-14)18(12)21/h3-6,9-10H,2,7-8,11H2,1H3,(H,20,23). The van der Waals surface area contributed by atoms with Crippen LogP contribution in [0.1, 0.15) is 28.4 Å². The Bertz CT molecular complexity index is 827. The van der Waals surface area contributed by atoms with E-state index in [0.29, 0.717) is 18.6 Å². The Kier molecular flexibility index (Phi) is 3.49. The molecule has 0 atom stereocenters. The lowest BCUT2D eigenvalue weighted by molar-refractivity contribution is -0.117.